The Kier molecular flexibility index (Phi) is 3.32. The van der Waals surface area contributed by atoms with Gasteiger partial charge in [-0.15, -0.1) is 0 Å². The van der Waals surface area contributed by atoms with Crippen LogP contribution in [0, 0.1) is 5.92 Å². The molecule has 1 saturated heterocycles. The van der Waals surface area contributed by atoms with Crippen LogP contribution in [0.3, 0.4) is 0 Å². The summed E-state index contributed by atoms with van der Waals surface area (Å²) in [6, 6.07) is 0.0925. The van der Waals surface area contributed by atoms with E-state index in [9.17, 15) is 8.42 Å². The van der Waals surface area contributed by atoms with Gasteiger partial charge in [0, 0.05) is 19.1 Å². The van der Waals surface area contributed by atoms with E-state index in [1.807, 2.05) is 0 Å². The fraction of sp³-hybridized carbons (Fsp3) is 1.00. The molecule has 2 atom stereocenters. The van der Waals surface area contributed by atoms with E-state index >= 15 is 0 Å². The molecule has 1 aliphatic heterocycles. The second-order valence-electron chi connectivity index (χ2n) is 3.83. The second kappa shape index (κ2) is 3.94. The van der Waals surface area contributed by atoms with E-state index in [1.54, 1.807) is 0 Å². The molecule has 1 heterocycles. The molecule has 13 heavy (non-hydrogen) atoms. The van der Waals surface area contributed by atoms with Crippen LogP contribution in [-0.4, -0.2) is 45.2 Å². The topological polar surface area (TPSA) is 49.4 Å². The van der Waals surface area contributed by atoms with Gasteiger partial charge in [0.2, 0.25) is 10.0 Å². The standard InChI is InChI=1S/C8H18N2O2S/c1-4-10-5-7(2)8(6-10)9-13(3,11)12/h7-9H,4-6H2,1-3H3. The minimum atomic E-state index is -3.05. The van der Waals surface area contributed by atoms with E-state index in [0.717, 1.165) is 19.6 Å². The lowest BCUT2D eigenvalue weighted by molar-refractivity contribution is 0.344. The van der Waals surface area contributed by atoms with Gasteiger partial charge in [0.1, 0.15) is 0 Å². The van der Waals surface area contributed by atoms with E-state index in [4.69, 9.17) is 0 Å². The molecule has 0 amide bonds. The van der Waals surface area contributed by atoms with Gasteiger partial charge in [-0.1, -0.05) is 13.8 Å². The van der Waals surface area contributed by atoms with E-state index in [2.05, 4.69) is 23.5 Å². The Morgan fingerprint density at radius 1 is 1.46 bits per heavy atom. The molecule has 1 N–H and O–H groups in total. The monoisotopic (exact) mass is 206 g/mol. The Labute approximate surface area is 80.4 Å². The molecule has 1 aliphatic rings. The summed E-state index contributed by atoms with van der Waals surface area (Å²) >= 11 is 0. The zero-order chi connectivity index (χ0) is 10.1. The number of likely N-dealkylation sites (tertiary alicyclic amines) is 1. The molecule has 78 valence electrons. The Morgan fingerprint density at radius 2 is 2.08 bits per heavy atom. The van der Waals surface area contributed by atoms with Crippen LogP contribution in [0.2, 0.25) is 0 Å². The third kappa shape index (κ3) is 3.25. The first-order valence-corrected chi connectivity index (χ1v) is 6.51. The molecule has 0 aliphatic carbocycles. The van der Waals surface area contributed by atoms with E-state index in [-0.39, 0.29) is 6.04 Å². The molecule has 5 heteroatoms. The van der Waals surface area contributed by atoms with Crippen LogP contribution in [-0.2, 0) is 10.0 Å². The molecule has 0 bridgehead atoms. The summed E-state index contributed by atoms with van der Waals surface area (Å²) in [5.74, 6) is 0.412. The molecule has 0 spiro atoms. The van der Waals surface area contributed by atoms with Crippen molar-refractivity contribution in [1.82, 2.24) is 9.62 Å². The molecule has 0 aromatic rings. The molecule has 0 saturated carbocycles. The van der Waals surface area contributed by atoms with Gasteiger partial charge in [0.05, 0.1) is 6.26 Å². The van der Waals surface area contributed by atoms with Crippen LogP contribution in [0.15, 0.2) is 0 Å². The highest BCUT2D eigenvalue weighted by molar-refractivity contribution is 7.88. The van der Waals surface area contributed by atoms with Crippen LogP contribution in [0.5, 0.6) is 0 Å². The van der Waals surface area contributed by atoms with Crippen molar-refractivity contribution < 1.29 is 8.42 Å². The predicted molar refractivity (Wildman–Crippen MR) is 53.0 cm³/mol. The normalized spacial score (nSPS) is 31.0. The van der Waals surface area contributed by atoms with Crippen molar-refractivity contribution in [3.63, 3.8) is 0 Å². The highest BCUT2D eigenvalue weighted by Gasteiger charge is 2.30. The Bertz CT molecular complexity index is 263. The number of nitrogens with zero attached hydrogens (tertiary/aromatic N) is 1. The number of hydrogen-bond acceptors (Lipinski definition) is 3. The third-order valence-corrected chi connectivity index (χ3v) is 3.23. The molecule has 4 nitrogen and oxygen atoms in total. The van der Waals surface area contributed by atoms with Gasteiger partial charge in [-0.05, 0) is 12.5 Å². The average molecular weight is 206 g/mol. The predicted octanol–water partition coefficient (Wildman–Crippen LogP) is -0.124. The van der Waals surface area contributed by atoms with Crippen molar-refractivity contribution in [3.8, 4) is 0 Å². The van der Waals surface area contributed by atoms with Gasteiger partial charge in [0.15, 0.2) is 0 Å². The summed E-state index contributed by atoms with van der Waals surface area (Å²) < 4.78 is 24.7. The highest BCUT2D eigenvalue weighted by atomic mass is 32.2. The number of hydrogen-bond donors (Lipinski definition) is 1. The lowest BCUT2D eigenvalue weighted by atomic mass is 10.1. The molecular formula is C8H18N2O2S. The first-order valence-electron chi connectivity index (χ1n) is 4.62. The summed E-state index contributed by atoms with van der Waals surface area (Å²) in [5.41, 5.74) is 0. The van der Waals surface area contributed by atoms with Crippen LogP contribution in [0.25, 0.3) is 0 Å². The van der Waals surface area contributed by atoms with Crippen molar-refractivity contribution in [3.05, 3.63) is 0 Å². The fourth-order valence-electron chi connectivity index (χ4n) is 1.75. The van der Waals surface area contributed by atoms with Gasteiger partial charge < -0.3 is 4.90 Å². The minimum absolute atomic E-state index is 0.0925. The lowest BCUT2D eigenvalue weighted by Gasteiger charge is -2.14. The van der Waals surface area contributed by atoms with E-state index < -0.39 is 10.0 Å². The van der Waals surface area contributed by atoms with Crippen LogP contribution < -0.4 is 4.72 Å². The molecular weight excluding hydrogens is 188 g/mol. The smallest absolute Gasteiger partial charge is 0.209 e. The van der Waals surface area contributed by atoms with E-state index in [0.29, 0.717) is 5.92 Å². The Balaban J connectivity index is 2.53. The SMILES string of the molecule is CCN1CC(C)C(NS(C)(=O)=O)C1. The average Bonchev–Trinajstić information content (AvgIpc) is 2.29. The summed E-state index contributed by atoms with van der Waals surface area (Å²) in [6.45, 7) is 6.99. The molecule has 0 aromatic heterocycles. The number of rotatable bonds is 3. The zero-order valence-electron chi connectivity index (χ0n) is 8.45. The number of likely N-dealkylation sites (N-methyl/N-ethyl adjacent to an activating group) is 1. The highest BCUT2D eigenvalue weighted by Crippen LogP contribution is 2.16. The van der Waals surface area contributed by atoms with Gasteiger partial charge in [-0.25, -0.2) is 13.1 Å². The third-order valence-electron chi connectivity index (χ3n) is 2.50. The number of sulfonamides is 1. The quantitative estimate of drug-likeness (QED) is 0.700. The maximum absolute atomic E-state index is 11.0. The molecule has 2 unspecified atom stereocenters. The largest absolute Gasteiger partial charge is 0.302 e. The molecule has 1 fully saturated rings. The van der Waals surface area contributed by atoms with Crippen molar-refractivity contribution in [2.24, 2.45) is 5.92 Å². The van der Waals surface area contributed by atoms with Crippen molar-refractivity contribution in [1.29, 1.82) is 0 Å². The summed E-state index contributed by atoms with van der Waals surface area (Å²) in [6.07, 6.45) is 1.22. The van der Waals surface area contributed by atoms with Crippen molar-refractivity contribution >= 4 is 10.0 Å². The van der Waals surface area contributed by atoms with Gasteiger partial charge in [-0.2, -0.15) is 0 Å². The minimum Gasteiger partial charge on any atom is -0.302 e. The Morgan fingerprint density at radius 3 is 2.46 bits per heavy atom. The van der Waals surface area contributed by atoms with Crippen molar-refractivity contribution in [2.45, 2.75) is 19.9 Å². The van der Waals surface area contributed by atoms with Crippen LogP contribution >= 0.6 is 0 Å². The lowest BCUT2D eigenvalue weighted by Crippen LogP contribution is -2.39. The fourth-order valence-corrected chi connectivity index (χ4v) is 2.61. The second-order valence-corrected chi connectivity index (χ2v) is 5.61. The molecule has 0 aromatic carbocycles. The Hall–Kier alpha value is -0.130. The van der Waals surface area contributed by atoms with Crippen LogP contribution in [0.1, 0.15) is 13.8 Å². The van der Waals surface area contributed by atoms with Gasteiger partial charge in [-0.3, -0.25) is 0 Å². The van der Waals surface area contributed by atoms with Crippen LogP contribution in [0.4, 0.5) is 0 Å². The zero-order valence-corrected chi connectivity index (χ0v) is 9.26. The van der Waals surface area contributed by atoms with E-state index in [1.165, 1.54) is 6.26 Å². The van der Waals surface area contributed by atoms with Gasteiger partial charge >= 0.3 is 0 Å². The molecule has 1 rings (SSSR count). The summed E-state index contributed by atoms with van der Waals surface area (Å²) in [7, 11) is -3.05. The first-order chi connectivity index (χ1) is 5.92. The van der Waals surface area contributed by atoms with Crippen molar-refractivity contribution in [2.75, 3.05) is 25.9 Å². The first kappa shape index (κ1) is 10.9. The van der Waals surface area contributed by atoms with Gasteiger partial charge in [0.25, 0.3) is 0 Å². The maximum atomic E-state index is 11.0. The summed E-state index contributed by atoms with van der Waals surface area (Å²) in [5, 5.41) is 0. The summed E-state index contributed by atoms with van der Waals surface area (Å²) in [4.78, 5) is 2.26. The maximum Gasteiger partial charge on any atom is 0.209 e. The molecule has 0 radical (unpaired) electrons. The number of nitrogens with one attached hydrogen (secondary N) is 1.